The standard InChI is InChI=1S/C32H19NS/c1-2-9-22-17-23(15-13-20(22)7-1)33-28-16-14-21-8-3-4-10-24(21)32(28)27-18-26-25-11-5-6-12-30(25)34-31(26)19-29(27)33/h1-19H. The molecule has 2 heterocycles. The Morgan fingerprint density at radius 2 is 1.18 bits per heavy atom. The van der Waals surface area contributed by atoms with E-state index >= 15 is 0 Å². The Hall–Kier alpha value is -4.14. The summed E-state index contributed by atoms with van der Waals surface area (Å²) in [5, 5.41) is 10.5. The monoisotopic (exact) mass is 449 g/mol. The van der Waals surface area contributed by atoms with Gasteiger partial charge in [-0.1, -0.05) is 78.9 Å². The fourth-order valence-electron chi connectivity index (χ4n) is 5.60. The van der Waals surface area contributed by atoms with Crippen molar-refractivity contribution in [3.05, 3.63) is 115 Å². The third kappa shape index (κ3) is 2.43. The third-order valence-electron chi connectivity index (χ3n) is 7.14. The van der Waals surface area contributed by atoms with Crippen LogP contribution in [0, 0.1) is 0 Å². The molecule has 0 aliphatic heterocycles. The van der Waals surface area contributed by atoms with Crippen LogP contribution in [0.15, 0.2) is 115 Å². The van der Waals surface area contributed by atoms with Gasteiger partial charge < -0.3 is 4.57 Å². The molecule has 34 heavy (non-hydrogen) atoms. The van der Waals surface area contributed by atoms with Gasteiger partial charge in [-0.05, 0) is 57.9 Å². The number of benzene rings is 6. The maximum atomic E-state index is 2.45. The number of rotatable bonds is 1. The van der Waals surface area contributed by atoms with Crippen LogP contribution in [-0.4, -0.2) is 4.57 Å². The summed E-state index contributed by atoms with van der Waals surface area (Å²) in [5.41, 5.74) is 3.72. The molecule has 0 radical (unpaired) electrons. The SMILES string of the molecule is c1ccc2cc(-n3c4cc5sc6ccccc6c5cc4c4c5ccccc5ccc43)ccc2c1. The molecule has 0 spiro atoms. The van der Waals surface area contributed by atoms with Crippen molar-refractivity contribution in [2.45, 2.75) is 0 Å². The number of thiophene rings is 1. The van der Waals surface area contributed by atoms with Crippen molar-refractivity contribution >= 4 is 74.9 Å². The van der Waals surface area contributed by atoms with Gasteiger partial charge in [0, 0.05) is 36.6 Å². The molecule has 0 saturated carbocycles. The second-order valence-electron chi connectivity index (χ2n) is 9.01. The fourth-order valence-corrected chi connectivity index (χ4v) is 6.72. The van der Waals surface area contributed by atoms with Gasteiger partial charge in [-0.2, -0.15) is 0 Å². The zero-order valence-corrected chi connectivity index (χ0v) is 19.1. The van der Waals surface area contributed by atoms with Crippen LogP contribution in [0.3, 0.4) is 0 Å². The summed E-state index contributed by atoms with van der Waals surface area (Å²) in [6, 6.07) is 42.3. The molecule has 6 aromatic carbocycles. The third-order valence-corrected chi connectivity index (χ3v) is 8.28. The van der Waals surface area contributed by atoms with Gasteiger partial charge in [-0.15, -0.1) is 11.3 Å². The molecular formula is C32H19NS. The summed E-state index contributed by atoms with van der Waals surface area (Å²) in [5.74, 6) is 0. The molecule has 2 heteroatoms. The van der Waals surface area contributed by atoms with Gasteiger partial charge >= 0.3 is 0 Å². The summed E-state index contributed by atoms with van der Waals surface area (Å²) < 4.78 is 5.13. The van der Waals surface area contributed by atoms with Crippen LogP contribution in [0.4, 0.5) is 0 Å². The summed E-state index contributed by atoms with van der Waals surface area (Å²) in [4.78, 5) is 0. The van der Waals surface area contributed by atoms with E-state index < -0.39 is 0 Å². The summed E-state index contributed by atoms with van der Waals surface area (Å²) in [6.07, 6.45) is 0. The van der Waals surface area contributed by atoms with Crippen molar-refractivity contribution in [3.8, 4) is 5.69 Å². The lowest BCUT2D eigenvalue weighted by Gasteiger charge is -2.10. The number of hydrogen-bond acceptors (Lipinski definition) is 1. The van der Waals surface area contributed by atoms with Crippen molar-refractivity contribution in [1.29, 1.82) is 0 Å². The molecule has 0 unspecified atom stereocenters. The Morgan fingerprint density at radius 3 is 2.09 bits per heavy atom. The first-order valence-electron chi connectivity index (χ1n) is 11.6. The molecule has 158 valence electrons. The summed E-state index contributed by atoms with van der Waals surface area (Å²) >= 11 is 1.88. The Kier molecular flexibility index (Phi) is 3.60. The zero-order valence-electron chi connectivity index (χ0n) is 18.3. The van der Waals surface area contributed by atoms with E-state index in [0.717, 1.165) is 0 Å². The van der Waals surface area contributed by atoms with E-state index in [0.29, 0.717) is 0 Å². The van der Waals surface area contributed by atoms with E-state index in [1.165, 1.54) is 69.2 Å². The van der Waals surface area contributed by atoms with Crippen molar-refractivity contribution in [3.63, 3.8) is 0 Å². The van der Waals surface area contributed by atoms with Gasteiger partial charge in [0.2, 0.25) is 0 Å². The van der Waals surface area contributed by atoms with Gasteiger partial charge in [0.1, 0.15) is 0 Å². The molecule has 0 amide bonds. The first-order chi connectivity index (χ1) is 16.8. The molecule has 8 rings (SSSR count). The Bertz CT molecular complexity index is 2070. The van der Waals surface area contributed by atoms with Crippen LogP contribution in [0.5, 0.6) is 0 Å². The van der Waals surface area contributed by atoms with Crippen LogP contribution >= 0.6 is 11.3 Å². The molecule has 2 aromatic heterocycles. The van der Waals surface area contributed by atoms with Crippen LogP contribution in [-0.2, 0) is 0 Å². The fraction of sp³-hybridized carbons (Fsp3) is 0. The minimum absolute atomic E-state index is 1.20. The summed E-state index contributed by atoms with van der Waals surface area (Å²) in [7, 11) is 0. The van der Waals surface area contributed by atoms with Gasteiger partial charge in [0.15, 0.2) is 0 Å². The molecular weight excluding hydrogens is 430 g/mol. The predicted molar refractivity (Wildman–Crippen MR) is 149 cm³/mol. The minimum atomic E-state index is 1.20. The van der Waals surface area contributed by atoms with E-state index in [9.17, 15) is 0 Å². The Morgan fingerprint density at radius 1 is 0.441 bits per heavy atom. The van der Waals surface area contributed by atoms with Crippen LogP contribution < -0.4 is 0 Å². The number of hydrogen-bond donors (Lipinski definition) is 0. The second-order valence-corrected chi connectivity index (χ2v) is 10.1. The number of fused-ring (bicyclic) bond motifs is 9. The lowest BCUT2D eigenvalue weighted by Crippen LogP contribution is -1.93. The van der Waals surface area contributed by atoms with Crippen LogP contribution in [0.25, 0.3) is 69.2 Å². The highest BCUT2D eigenvalue weighted by molar-refractivity contribution is 7.25. The molecule has 0 aliphatic rings. The molecule has 0 atom stereocenters. The van der Waals surface area contributed by atoms with Gasteiger partial charge in [-0.3, -0.25) is 0 Å². The molecule has 0 N–H and O–H groups in total. The molecule has 8 aromatic rings. The Labute approximate surface area is 200 Å². The average molecular weight is 450 g/mol. The molecule has 1 nitrogen and oxygen atoms in total. The first kappa shape index (κ1) is 18.3. The maximum absolute atomic E-state index is 2.45. The van der Waals surface area contributed by atoms with E-state index in [1.807, 2.05) is 11.3 Å². The van der Waals surface area contributed by atoms with Gasteiger partial charge in [0.25, 0.3) is 0 Å². The smallest absolute Gasteiger partial charge is 0.0555 e. The van der Waals surface area contributed by atoms with E-state index in [-0.39, 0.29) is 0 Å². The first-order valence-corrected chi connectivity index (χ1v) is 12.4. The highest BCUT2D eigenvalue weighted by Crippen LogP contribution is 2.42. The minimum Gasteiger partial charge on any atom is -0.309 e. The van der Waals surface area contributed by atoms with Gasteiger partial charge in [-0.25, -0.2) is 0 Å². The average Bonchev–Trinajstić information content (AvgIpc) is 3.42. The van der Waals surface area contributed by atoms with Crippen molar-refractivity contribution in [2.75, 3.05) is 0 Å². The van der Waals surface area contributed by atoms with E-state index in [4.69, 9.17) is 0 Å². The zero-order chi connectivity index (χ0) is 22.2. The second kappa shape index (κ2) is 6.69. The quantitative estimate of drug-likeness (QED) is 0.235. The lowest BCUT2D eigenvalue weighted by molar-refractivity contribution is 1.19. The van der Waals surface area contributed by atoms with E-state index in [1.54, 1.807) is 0 Å². The molecule has 0 fully saturated rings. The topological polar surface area (TPSA) is 4.93 Å². The van der Waals surface area contributed by atoms with Crippen LogP contribution in [0.2, 0.25) is 0 Å². The van der Waals surface area contributed by atoms with Gasteiger partial charge in [0.05, 0.1) is 11.0 Å². The number of nitrogens with zero attached hydrogens (tertiary/aromatic N) is 1. The normalized spacial score (nSPS) is 12.1. The summed E-state index contributed by atoms with van der Waals surface area (Å²) in [6.45, 7) is 0. The maximum Gasteiger partial charge on any atom is 0.0555 e. The van der Waals surface area contributed by atoms with Crippen molar-refractivity contribution in [2.24, 2.45) is 0 Å². The van der Waals surface area contributed by atoms with Crippen LogP contribution in [0.1, 0.15) is 0 Å². The number of aromatic nitrogens is 1. The highest BCUT2D eigenvalue weighted by atomic mass is 32.1. The van der Waals surface area contributed by atoms with Crippen molar-refractivity contribution in [1.82, 2.24) is 4.57 Å². The Balaban J connectivity index is 1.60. The molecule has 0 saturated heterocycles. The molecule has 0 bridgehead atoms. The molecule has 0 aliphatic carbocycles. The predicted octanol–water partition coefficient (Wildman–Crippen LogP) is 9.46. The highest BCUT2D eigenvalue weighted by Gasteiger charge is 2.17. The lowest BCUT2D eigenvalue weighted by atomic mass is 10.0. The van der Waals surface area contributed by atoms with E-state index in [2.05, 4.69) is 120 Å². The largest absolute Gasteiger partial charge is 0.309 e. The van der Waals surface area contributed by atoms with Crippen molar-refractivity contribution < 1.29 is 0 Å².